The van der Waals surface area contributed by atoms with Gasteiger partial charge in [-0.3, -0.25) is 4.98 Å². The largest absolute Gasteiger partial charge is 0.460 e. The van der Waals surface area contributed by atoms with E-state index in [4.69, 9.17) is 4.74 Å². The molecule has 6 atom stereocenters. The number of ether oxygens (including phenoxy) is 1. The van der Waals surface area contributed by atoms with E-state index in [1.54, 1.807) is 24.4 Å². The number of allylic oxidation sites excluding steroid dienone is 1. The zero-order valence-electron chi connectivity index (χ0n) is 19.0. The predicted molar refractivity (Wildman–Crippen MR) is 121 cm³/mol. The van der Waals surface area contributed by atoms with Gasteiger partial charge < -0.3 is 9.84 Å². The number of aromatic nitrogens is 1. The number of aliphatic hydroxyl groups is 1. The fourth-order valence-corrected chi connectivity index (χ4v) is 6.40. The molecule has 3 fully saturated rings. The Bertz CT molecular complexity index is 1100. The maximum atomic E-state index is 13.0. The molecule has 0 radical (unpaired) electrons. The third-order valence-electron chi connectivity index (χ3n) is 7.95. The molecule has 4 nitrogen and oxygen atoms in total. The van der Waals surface area contributed by atoms with Gasteiger partial charge in [0.2, 0.25) is 0 Å². The number of cyclic esters (lactones) is 1. The van der Waals surface area contributed by atoms with Crippen molar-refractivity contribution in [2.45, 2.75) is 56.9 Å². The van der Waals surface area contributed by atoms with Gasteiger partial charge in [-0.2, -0.15) is 13.2 Å². The minimum absolute atomic E-state index is 0.00422. The van der Waals surface area contributed by atoms with E-state index in [2.05, 4.69) is 11.1 Å². The highest BCUT2D eigenvalue weighted by Crippen LogP contribution is 2.55. The van der Waals surface area contributed by atoms with Crippen LogP contribution in [0.2, 0.25) is 0 Å². The van der Waals surface area contributed by atoms with E-state index in [0.29, 0.717) is 35.1 Å². The normalized spacial score (nSPS) is 33.4. The van der Waals surface area contributed by atoms with Gasteiger partial charge >= 0.3 is 12.1 Å². The molecule has 3 aliphatic rings. The molecule has 180 valence electrons. The van der Waals surface area contributed by atoms with Crippen LogP contribution in [-0.4, -0.2) is 27.8 Å². The summed E-state index contributed by atoms with van der Waals surface area (Å²) in [5, 5.41) is 11.3. The van der Waals surface area contributed by atoms with E-state index >= 15 is 0 Å². The zero-order chi connectivity index (χ0) is 24.1. The Kier molecular flexibility index (Phi) is 5.79. The van der Waals surface area contributed by atoms with Crippen molar-refractivity contribution in [2.75, 3.05) is 0 Å². The standard InChI is InChI=1S/C27H28F3NO3/c1-16-24-23(22-8-3-2-5-18(22)14-26(24,33)25(32)34-16)12-11-21-10-9-19(15-31-21)17-6-4-7-20(13-17)27(28,29)30/h4,6-7,9-13,15-16,18,22-24,33H,2-3,5,8,14H2,1H3/b12-11+/t16?,18?,22?,23-,24?,26?/m0/s1. The Morgan fingerprint density at radius 2 is 1.94 bits per heavy atom. The molecule has 5 rings (SSSR count). The van der Waals surface area contributed by atoms with Crippen LogP contribution in [0.4, 0.5) is 13.2 Å². The number of esters is 1. The zero-order valence-corrected chi connectivity index (χ0v) is 19.0. The van der Waals surface area contributed by atoms with Gasteiger partial charge in [-0.1, -0.05) is 43.5 Å². The van der Waals surface area contributed by atoms with Crippen molar-refractivity contribution in [2.24, 2.45) is 23.7 Å². The second-order valence-corrected chi connectivity index (χ2v) is 9.96. The third kappa shape index (κ3) is 4.04. The Morgan fingerprint density at radius 3 is 2.68 bits per heavy atom. The van der Waals surface area contributed by atoms with Crippen molar-refractivity contribution in [3.63, 3.8) is 0 Å². The van der Waals surface area contributed by atoms with Gasteiger partial charge in [-0.25, -0.2) is 4.79 Å². The van der Waals surface area contributed by atoms with E-state index < -0.39 is 23.3 Å². The topological polar surface area (TPSA) is 59.4 Å². The summed E-state index contributed by atoms with van der Waals surface area (Å²) in [7, 11) is 0. The monoisotopic (exact) mass is 471 g/mol. The molecule has 1 aromatic carbocycles. The van der Waals surface area contributed by atoms with Crippen LogP contribution < -0.4 is 0 Å². The number of rotatable bonds is 3. The fraction of sp³-hybridized carbons (Fsp3) is 0.481. The smallest absolute Gasteiger partial charge is 0.416 e. The quantitative estimate of drug-likeness (QED) is 0.567. The molecular weight excluding hydrogens is 443 g/mol. The highest BCUT2D eigenvalue weighted by atomic mass is 19.4. The van der Waals surface area contributed by atoms with Gasteiger partial charge in [0.15, 0.2) is 5.60 Å². The number of benzene rings is 1. The average molecular weight is 472 g/mol. The van der Waals surface area contributed by atoms with E-state index in [9.17, 15) is 23.1 Å². The number of hydrogen-bond donors (Lipinski definition) is 1. The summed E-state index contributed by atoms with van der Waals surface area (Å²) in [6.45, 7) is 1.85. The Labute approximate surface area is 196 Å². The number of alkyl halides is 3. The van der Waals surface area contributed by atoms with Crippen molar-refractivity contribution in [1.82, 2.24) is 4.98 Å². The van der Waals surface area contributed by atoms with Crippen LogP contribution in [0.15, 0.2) is 48.7 Å². The first-order valence-corrected chi connectivity index (χ1v) is 11.9. The van der Waals surface area contributed by atoms with Crippen LogP contribution in [0.25, 0.3) is 17.2 Å². The van der Waals surface area contributed by atoms with E-state index in [1.165, 1.54) is 6.07 Å². The third-order valence-corrected chi connectivity index (χ3v) is 7.95. The number of pyridine rings is 1. The second kappa shape index (κ2) is 8.52. The molecule has 2 heterocycles. The number of carbonyl (C=O) groups excluding carboxylic acids is 1. The average Bonchev–Trinajstić information content (AvgIpc) is 3.04. The number of halogens is 3. The summed E-state index contributed by atoms with van der Waals surface area (Å²) in [6.07, 6.45) is 5.58. The van der Waals surface area contributed by atoms with Gasteiger partial charge in [0, 0.05) is 17.7 Å². The van der Waals surface area contributed by atoms with Crippen LogP contribution in [0.1, 0.15) is 50.3 Å². The van der Waals surface area contributed by atoms with Gasteiger partial charge in [0.1, 0.15) is 6.10 Å². The molecule has 2 saturated carbocycles. The lowest BCUT2D eigenvalue weighted by Crippen LogP contribution is -2.54. The molecule has 7 heteroatoms. The van der Waals surface area contributed by atoms with Crippen molar-refractivity contribution in [3.05, 3.63) is 59.9 Å². The van der Waals surface area contributed by atoms with Crippen molar-refractivity contribution >= 4 is 12.0 Å². The Hall–Kier alpha value is -2.67. The van der Waals surface area contributed by atoms with Crippen molar-refractivity contribution < 1.29 is 27.8 Å². The highest BCUT2D eigenvalue weighted by Gasteiger charge is 2.63. The Balaban J connectivity index is 1.40. The lowest BCUT2D eigenvalue weighted by molar-refractivity contribution is -0.162. The summed E-state index contributed by atoms with van der Waals surface area (Å²) in [4.78, 5) is 17.0. The van der Waals surface area contributed by atoms with Gasteiger partial charge in [-0.15, -0.1) is 0 Å². The van der Waals surface area contributed by atoms with Crippen molar-refractivity contribution in [1.29, 1.82) is 0 Å². The van der Waals surface area contributed by atoms with E-state index in [0.717, 1.165) is 37.8 Å². The predicted octanol–water partition coefficient (Wildman–Crippen LogP) is 5.90. The molecule has 34 heavy (non-hydrogen) atoms. The lowest BCUT2D eigenvalue weighted by atomic mass is 9.56. The maximum Gasteiger partial charge on any atom is 0.416 e. The molecule has 0 spiro atoms. The summed E-state index contributed by atoms with van der Waals surface area (Å²) < 4.78 is 44.6. The first-order chi connectivity index (χ1) is 16.2. The summed E-state index contributed by atoms with van der Waals surface area (Å²) in [5.74, 6) is -0.123. The molecule has 2 aliphatic carbocycles. The van der Waals surface area contributed by atoms with Crippen LogP contribution >= 0.6 is 0 Å². The molecule has 1 N–H and O–H groups in total. The highest BCUT2D eigenvalue weighted by molar-refractivity contribution is 5.82. The van der Waals surface area contributed by atoms with Crippen molar-refractivity contribution in [3.8, 4) is 11.1 Å². The minimum atomic E-state index is -4.40. The van der Waals surface area contributed by atoms with Gasteiger partial charge in [-0.05, 0) is 67.4 Å². The molecule has 5 unspecified atom stereocenters. The van der Waals surface area contributed by atoms with E-state index in [-0.39, 0.29) is 17.9 Å². The summed E-state index contributed by atoms with van der Waals surface area (Å²) >= 11 is 0. The first kappa shape index (κ1) is 23.1. The molecule has 0 bridgehead atoms. The lowest BCUT2D eigenvalue weighted by Gasteiger charge is -2.48. The molecule has 1 saturated heterocycles. The second-order valence-electron chi connectivity index (χ2n) is 9.96. The minimum Gasteiger partial charge on any atom is -0.460 e. The van der Waals surface area contributed by atoms with Gasteiger partial charge in [0.25, 0.3) is 0 Å². The maximum absolute atomic E-state index is 13.0. The van der Waals surface area contributed by atoms with Crippen LogP contribution in [-0.2, 0) is 15.7 Å². The number of hydrogen-bond acceptors (Lipinski definition) is 4. The molecule has 1 aromatic heterocycles. The molecule has 2 aromatic rings. The fourth-order valence-electron chi connectivity index (χ4n) is 6.40. The molecule has 1 aliphatic heterocycles. The molecular formula is C27H28F3NO3. The summed E-state index contributed by atoms with van der Waals surface area (Å²) in [6, 6.07) is 8.73. The number of nitrogens with zero attached hydrogens (tertiary/aromatic N) is 1. The number of fused-ring (bicyclic) bond motifs is 2. The first-order valence-electron chi connectivity index (χ1n) is 11.9. The van der Waals surface area contributed by atoms with Crippen LogP contribution in [0.3, 0.4) is 0 Å². The molecule has 0 amide bonds. The van der Waals surface area contributed by atoms with E-state index in [1.807, 2.05) is 13.0 Å². The SMILES string of the molecule is CC1OC(=O)C2(O)CC3CCCCC3[C@H](/C=C/c3ccc(-c4cccc(C(F)(F)F)c4)cn3)C12. The van der Waals surface area contributed by atoms with Crippen LogP contribution in [0, 0.1) is 23.7 Å². The number of carbonyl (C=O) groups is 1. The van der Waals surface area contributed by atoms with Gasteiger partial charge in [0.05, 0.1) is 11.3 Å². The van der Waals surface area contributed by atoms with Crippen LogP contribution in [0.5, 0.6) is 0 Å². The summed E-state index contributed by atoms with van der Waals surface area (Å²) in [5.41, 5.74) is -0.395. The Morgan fingerprint density at radius 1 is 1.15 bits per heavy atom.